The molecule has 1 atom stereocenters. The second kappa shape index (κ2) is 23.2. The van der Waals surface area contributed by atoms with Gasteiger partial charge < -0.3 is 19.3 Å². The molecule has 78 heavy (non-hydrogen) atoms. The van der Waals surface area contributed by atoms with Gasteiger partial charge in [0.05, 0.1) is 33.4 Å². The van der Waals surface area contributed by atoms with E-state index >= 15 is 0 Å². The van der Waals surface area contributed by atoms with Gasteiger partial charge in [-0.1, -0.05) is 99.3 Å². The Hall–Kier alpha value is -6.28. The van der Waals surface area contributed by atoms with Crippen molar-refractivity contribution in [1.29, 1.82) is 0 Å². The van der Waals surface area contributed by atoms with Gasteiger partial charge in [0, 0.05) is 49.2 Å². The zero-order valence-corrected chi connectivity index (χ0v) is 47.8. The highest BCUT2D eigenvalue weighted by molar-refractivity contribution is 6.30. The minimum atomic E-state index is -1.29. The molecule has 0 spiro atoms. The summed E-state index contributed by atoms with van der Waals surface area (Å²) in [6, 6.07) is 14.8. The van der Waals surface area contributed by atoms with Crippen molar-refractivity contribution in [3.63, 3.8) is 0 Å². The maximum Gasteiger partial charge on any atom is 0.229 e. The molecule has 19 nitrogen and oxygen atoms in total. The van der Waals surface area contributed by atoms with Gasteiger partial charge in [-0.3, -0.25) is 44.0 Å². The number of methoxy groups -OCH3 is 3. The van der Waals surface area contributed by atoms with Crippen LogP contribution in [0, 0.1) is 10.8 Å². The van der Waals surface area contributed by atoms with Crippen molar-refractivity contribution in [2.24, 2.45) is 10.8 Å². The van der Waals surface area contributed by atoms with Crippen LogP contribution in [0.3, 0.4) is 0 Å². The maximum atomic E-state index is 12.8. The third-order valence-electron chi connectivity index (χ3n) is 15.2. The van der Waals surface area contributed by atoms with E-state index < -0.39 is 5.60 Å². The van der Waals surface area contributed by atoms with Crippen molar-refractivity contribution >= 4 is 104 Å². The van der Waals surface area contributed by atoms with Gasteiger partial charge in [0.15, 0.2) is 50.7 Å². The number of imidazole rings is 3. The first-order chi connectivity index (χ1) is 37.2. The van der Waals surface area contributed by atoms with Gasteiger partial charge in [-0.25, -0.2) is 29.9 Å². The Bertz CT molecular complexity index is 3340. The second-order valence-corrected chi connectivity index (χ2v) is 23.8. The molecule has 0 saturated heterocycles. The van der Waals surface area contributed by atoms with Crippen molar-refractivity contribution in [1.82, 2.24) is 43.6 Å². The number of hydrogen-bond donors (Lipinski definition) is 4. The Morgan fingerprint density at radius 3 is 1.24 bits per heavy atom. The first-order valence-electron chi connectivity index (χ1n) is 26.7. The van der Waals surface area contributed by atoms with Crippen molar-refractivity contribution in [3.05, 3.63) is 69.6 Å². The Morgan fingerprint density at radius 2 is 0.936 bits per heavy atom. The fourth-order valence-electron chi connectivity index (χ4n) is 10.3. The van der Waals surface area contributed by atoms with Crippen LogP contribution >= 0.6 is 34.8 Å². The van der Waals surface area contributed by atoms with Crippen LogP contribution in [0.4, 0.5) is 17.8 Å². The number of pyridine rings is 3. The van der Waals surface area contributed by atoms with Crippen LogP contribution < -0.4 is 30.2 Å². The number of halogens is 3. The molecule has 0 unspecified atom stereocenters. The van der Waals surface area contributed by atoms with Crippen LogP contribution in [0.5, 0.6) is 17.2 Å². The average Bonchev–Trinajstić information content (AvgIpc) is 4.12. The highest BCUT2D eigenvalue weighted by Gasteiger charge is 2.36. The number of aliphatic hydroxyl groups is 1. The lowest BCUT2D eigenvalue weighted by Gasteiger charge is -2.37. The van der Waals surface area contributed by atoms with Gasteiger partial charge >= 0.3 is 0 Å². The third kappa shape index (κ3) is 12.4. The summed E-state index contributed by atoms with van der Waals surface area (Å²) in [5, 5.41) is 20.6. The normalized spacial score (nSPS) is 17.0. The number of rotatable bonds is 15. The van der Waals surface area contributed by atoms with Crippen molar-refractivity contribution < 1.29 is 33.7 Å². The predicted molar refractivity (Wildman–Crippen MR) is 303 cm³/mol. The first-order valence-corrected chi connectivity index (χ1v) is 27.8. The van der Waals surface area contributed by atoms with Gasteiger partial charge in [-0.2, -0.15) is 0 Å². The number of carbonyl (C=O) groups is 3. The molecule has 22 heteroatoms. The molecular weight excluding hydrogens is 1060 g/mol. The number of ether oxygens (including phenoxy) is 3. The Labute approximate surface area is 468 Å². The van der Waals surface area contributed by atoms with E-state index in [-0.39, 0.29) is 47.1 Å². The molecule has 4 fully saturated rings. The summed E-state index contributed by atoms with van der Waals surface area (Å²) in [5.41, 5.74) is 3.18. The summed E-state index contributed by atoms with van der Waals surface area (Å²) in [5.74, 6) is 2.75. The number of hydrogen-bond acceptors (Lipinski definition) is 13. The number of aromatic nitrogens is 9. The first kappa shape index (κ1) is 56.4. The number of anilines is 3. The Kier molecular flexibility index (Phi) is 16.8. The van der Waals surface area contributed by atoms with Crippen molar-refractivity contribution in [2.75, 3.05) is 37.3 Å². The summed E-state index contributed by atoms with van der Waals surface area (Å²) >= 11 is 18.4. The molecule has 4 aliphatic rings. The monoisotopic (exact) mass is 1130 g/mol. The van der Waals surface area contributed by atoms with Crippen molar-refractivity contribution in [3.8, 4) is 17.2 Å². The second-order valence-electron chi connectivity index (χ2n) is 22.7. The molecule has 1 aromatic carbocycles. The van der Waals surface area contributed by atoms with E-state index in [4.69, 9.17) is 49.0 Å². The van der Waals surface area contributed by atoms with E-state index in [1.54, 1.807) is 58.6 Å². The lowest BCUT2D eigenvalue weighted by molar-refractivity contribution is -0.121. The molecule has 4 aliphatic carbocycles. The largest absolute Gasteiger partial charge is 0.494 e. The summed E-state index contributed by atoms with van der Waals surface area (Å²) in [7, 11) is 4.71. The fourth-order valence-corrected chi connectivity index (χ4v) is 10.8. The van der Waals surface area contributed by atoms with E-state index in [1.165, 1.54) is 12.8 Å². The van der Waals surface area contributed by atoms with Crippen LogP contribution in [0.15, 0.2) is 48.5 Å². The number of amides is 3. The van der Waals surface area contributed by atoms with Crippen LogP contribution in [0.1, 0.15) is 155 Å². The maximum absolute atomic E-state index is 12.8. The number of carbonyl (C=O) groups excluding carboxylic acids is 3. The summed E-state index contributed by atoms with van der Waals surface area (Å²) < 4.78 is 22.1. The summed E-state index contributed by atoms with van der Waals surface area (Å²) in [6.07, 6.45) is 13.9. The Morgan fingerprint density at radius 1 is 0.577 bits per heavy atom. The van der Waals surface area contributed by atoms with E-state index in [9.17, 15) is 19.5 Å². The number of nitrogens with zero attached hydrogens (tertiary/aromatic N) is 9. The summed E-state index contributed by atoms with van der Waals surface area (Å²) in [6.45, 7) is 9.90. The standard InChI is InChI=1S/C21H23ClN4O3.C18H23ClN4O2.C17H23ClN4O2/c1-21(28,13-7-4-3-5-8-13)12-17(27)24-20-25-18-15(29-2)11-16(22)23-19(18)26(20)14-9-6-10-14;1-18(7-4-8-18)10-14(24)21-17-22-15-12(25-2)9-13(19)20-16(15)23(17)11-5-3-6-11;1-17(2,3)9-13(23)20-16-21-14-11(24-4)8-12(18)19-15(14)22(16)10-6-5-7-10/h3-5,7-8,11,14,28H,6,9-10,12H2,1-2H3,(H,24,25,27);9,11H,3-8,10H2,1-2H3,(H,21,22,24);8,10H,5-7,9H2,1-4H3,(H,20,21,23)/t21-;;/m0../s1. The van der Waals surface area contributed by atoms with Gasteiger partial charge in [0.1, 0.15) is 15.5 Å². The minimum absolute atomic E-state index is 0.0168. The van der Waals surface area contributed by atoms with Crippen molar-refractivity contribution in [2.45, 2.75) is 155 Å². The SMILES string of the molecule is COc1cc(Cl)nc2c1nc(NC(=O)CC(C)(C)C)n2C1CCC1.COc1cc(Cl)nc2c1nc(NC(=O)CC1(C)CCC1)n2C1CCC1.COc1cc(Cl)nc2c1nc(NC(=O)C[C@](C)(O)c1ccccc1)n2C1CCC1. The molecule has 0 aliphatic heterocycles. The fraction of sp³-hybridized carbons (Fsp3) is 0.518. The van der Waals surface area contributed by atoms with Gasteiger partial charge in [0.25, 0.3) is 0 Å². The average molecular weight is 1130 g/mol. The molecular formula is C56H69Cl3N12O7. The number of benzene rings is 1. The summed E-state index contributed by atoms with van der Waals surface area (Å²) in [4.78, 5) is 64.8. The molecule has 6 heterocycles. The zero-order chi connectivity index (χ0) is 55.7. The molecule has 0 bridgehead atoms. The smallest absolute Gasteiger partial charge is 0.229 e. The zero-order valence-electron chi connectivity index (χ0n) is 45.5. The number of fused-ring (bicyclic) bond motifs is 3. The highest BCUT2D eigenvalue weighted by Crippen LogP contribution is 2.45. The molecule has 4 saturated carbocycles. The predicted octanol–water partition coefficient (Wildman–Crippen LogP) is 12.6. The van der Waals surface area contributed by atoms with Crippen LogP contribution in [-0.4, -0.2) is 87.8 Å². The van der Waals surface area contributed by atoms with E-state index in [0.717, 1.165) is 64.2 Å². The van der Waals surface area contributed by atoms with E-state index in [0.29, 0.717) is 108 Å². The molecule has 11 rings (SSSR count). The van der Waals surface area contributed by atoms with Crippen LogP contribution in [0.25, 0.3) is 33.5 Å². The highest BCUT2D eigenvalue weighted by atomic mass is 35.5. The molecule has 4 N–H and O–H groups in total. The van der Waals surface area contributed by atoms with Crippen LogP contribution in [-0.2, 0) is 20.0 Å². The molecule has 0 radical (unpaired) electrons. The van der Waals surface area contributed by atoms with E-state index in [2.05, 4.69) is 52.8 Å². The molecule has 7 aromatic rings. The molecule has 6 aromatic heterocycles. The van der Waals surface area contributed by atoms with Gasteiger partial charge in [-0.05, 0) is 93.9 Å². The quantitative estimate of drug-likeness (QED) is 0.0702. The molecule has 3 amide bonds. The van der Waals surface area contributed by atoms with Gasteiger partial charge in [0.2, 0.25) is 35.6 Å². The molecule has 416 valence electrons. The van der Waals surface area contributed by atoms with E-state index in [1.807, 2.05) is 52.7 Å². The Balaban J connectivity index is 0.000000143. The lowest BCUT2D eigenvalue weighted by atomic mass is 9.68. The van der Waals surface area contributed by atoms with Gasteiger partial charge in [-0.15, -0.1) is 0 Å². The van der Waals surface area contributed by atoms with Crippen LogP contribution in [0.2, 0.25) is 15.5 Å². The number of nitrogens with one attached hydrogen (secondary N) is 3. The third-order valence-corrected chi connectivity index (χ3v) is 15.8. The minimum Gasteiger partial charge on any atom is -0.494 e. The topological polar surface area (TPSA) is 227 Å². The lowest BCUT2D eigenvalue weighted by Crippen LogP contribution is -2.32.